The van der Waals surface area contributed by atoms with Crippen LogP contribution in [0.4, 0.5) is 15.0 Å². The van der Waals surface area contributed by atoms with Gasteiger partial charge in [-0.25, -0.2) is 9.18 Å². The fourth-order valence-electron chi connectivity index (χ4n) is 3.37. The van der Waals surface area contributed by atoms with E-state index in [1.807, 2.05) is 20.8 Å². The average molecular weight is 403 g/mol. The molecule has 0 radical (unpaired) electrons. The number of halogens is 1. The minimum atomic E-state index is -0.531. The van der Waals surface area contributed by atoms with Gasteiger partial charge < -0.3 is 15.4 Å². The van der Waals surface area contributed by atoms with Crippen molar-refractivity contribution < 1.29 is 18.7 Å². The van der Waals surface area contributed by atoms with Crippen LogP contribution < -0.4 is 10.6 Å². The number of aromatic nitrogens is 3. The molecule has 156 valence electrons. The maximum absolute atomic E-state index is 13.6. The first kappa shape index (κ1) is 20.8. The number of hydrogen-bond donors (Lipinski definition) is 3. The number of aromatic amines is 1. The summed E-state index contributed by atoms with van der Waals surface area (Å²) in [4.78, 5) is 27.9. The van der Waals surface area contributed by atoms with Gasteiger partial charge in [-0.3, -0.25) is 14.9 Å². The summed E-state index contributed by atoms with van der Waals surface area (Å²) in [5.74, 6) is -0.331. The van der Waals surface area contributed by atoms with Crippen LogP contribution in [0.2, 0.25) is 0 Å². The van der Waals surface area contributed by atoms with Gasteiger partial charge in [0.15, 0.2) is 5.82 Å². The van der Waals surface area contributed by atoms with Crippen molar-refractivity contribution in [1.29, 1.82) is 0 Å². The van der Waals surface area contributed by atoms with Crippen LogP contribution in [0.1, 0.15) is 57.3 Å². The number of carbonyl (C=O) groups excluding carboxylic acids is 2. The molecule has 0 unspecified atom stereocenters. The first-order valence-corrected chi connectivity index (χ1v) is 9.63. The first-order chi connectivity index (χ1) is 13.7. The highest BCUT2D eigenvalue weighted by molar-refractivity contribution is 5.91. The molecule has 0 aliphatic heterocycles. The van der Waals surface area contributed by atoms with Crippen LogP contribution in [0, 0.1) is 5.82 Å². The Hall–Kier alpha value is -2.97. The minimum Gasteiger partial charge on any atom is -0.444 e. The molecule has 9 heteroatoms. The highest BCUT2D eigenvalue weighted by Crippen LogP contribution is 2.34. The van der Waals surface area contributed by atoms with Crippen molar-refractivity contribution in [2.24, 2.45) is 0 Å². The number of pyridine rings is 1. The summed E-state index contributed by atoms with van der Waals surface area (Å²) in [6.45, 7) is 5.48. The summed E-state index contributed by atoms with van der Waals surface area (Å²) >= 11 is 0. The topological polar surface area (TPSA) is 109 Å². The Morgan fingerprint density at radius 2 is 2.14 bits per heavy atom. The fraction of sp³-hybridized carbons (Fsp3) is 0.500. The second kappa shape index (κ2) is 8.59. The van der Waals surface area contributed by atoms with Gasteiger partial charge in [-0.1, -0.05) is 0 Å². The van der Waals surface area contributed by atoms with Gasteiger partial charge in [-0.2, -0.15) is 5.10 Å². The van der Waals surface area contributed by atoms with Crippen molar-refractivity contribution >= 4 is 17.8 Å². The molecule has 1 saturated carbocycles. The highest BCUT2D eigenvalue weighted by Gasteiger charge is 2.29. The smallest absolute Gasteiger partial charge is 0.407 e. The zero-order valence-corrected chi connectivity index (χ0v) is 16.8. The Labute approximate surface area is 168 Å². The Bertz CT molecular complexity index is 877. The first-order valence-electron chi connectivity index (χ1n) is 9.63. The molecule has 2 atom stereocenters. The standard InChI is InChI=1S/C20H26FN5O3/c1-20(2,3)29-19(28)23-13-7-6-12(9-13)15-10-17(26-25-15)24-18(27)11-16-14(21)5-4-8-22-16/h4-5,8,10,12-13H,6-7,9,11H2,1-3H3,(H,23,28)(H2,24,25,26,27)/t12-,13+/m0/s1. The van der Waals surface area contributed by atoms with Crippen LogP contribution in [0.25, 0.3) is 0 Å². The zero-order chi connectivity index (χ0) is 21.0. The van der Waals surface area contributed by atoms with Crippen molar-refractivity contribution in [1.82, 2.24) is 20.5 Å². The van der Waals surface area contributed by atoms with E-state index >= 15 is 0 Å². The number of amides is 2. The molecule has 3 rings (SSSR count). The summed E-state index contributed by atoms with van der Waals surface area (Å²) in [6.07, 6.45) is 3.34. The molecule has 0 saturated heterocycles. The fourth-order valence-corrected chi connectivity index (χ4v) is 3.37. The minimum absolute atomic E-state index is 0.0309. The van der Waals surface area contributed by atoms with Crippen LogP contribution in [0.3, 0.4) is 0 Å². The molecule has 0 bridgehead atoms. The molecule has 1 fully saturated rings. The highest BCUT2D eigenvalue weighted by atomic mass is 19.1. The molecule has 2 amide bonds. The van der Waals surface area contributed by atoms with Gasteiger partial charge in [0, 0.05) is 29.9 Å². The molecule has 1 aliphatic rings. The second-order valence-electron chi connectivity index (χ2n) is 8.22. The molecule has 2 aromatic rings. The van der Waals surface area contributed by atoms with Gasteiger partial charge in [0.25, 0.3) is 0 Å². The third-order valence-electron chi connectivity index (χ3n) is 4.62. The molecule has 2 heterocycles. The quantitative estimate of drug-likeness (QED) is 0.710. The molecule has 0 aromatic carbocycles. The van der Waals surface area contributed by atoms with E-state index in [4.69, 9.17) is 4.74 Å². The lowest BCUT2D eigenvalue weighted by atomic mass is 10.0. The van der Waals surface area contributed by atoms with Gasteiger partial charge in [-0.05, 0) is 52.2 Å². The number of carbonyl (C=O) groups is 2. The molecule has 3 N–H and O–H groups in total. The summed E-state index contributed by atoms with van der Waals surface area (Å²) in [6, 6.07) is 4.55. The number of rotatable bonds is 5. The van der Waals surface area contributed by atoms with E-state index in [-0.39, 0.29) is 24.1 Å². The number of alkyl carbamates (subject to hydrolysis) is 1. The van der Waals surface area contributed by atoms with Crippen molar-refractivity contribution in [3.8, 4) is 0 Å². The lowest BCUT2D eigenvalue weighted by Crippen LogP contribution is -2.37. The van der Waals surface area contributed by atoms with E-state index in [2.05, 4.69) is 25.8 Å². The molecule has 0 spiro atoms. The predicted octanol–water partition coefficient (Wildman–Crippen LogP) is 3.29. The lowest BCUT2D eigenvalue weighted by Gasteiger charge is -2.21. The molecule has 29 heavy (non-hydrogen) atoms. The maximum atomic E-state index is 13.6. The summed E-state index contributed by atoms with van der Waals surface area (Å²) in [7, 11) is 0. The Kier molecular flexibility index (Phi) is 6.14. The van der Waals surface area contributed by atoms with Gasteiger partial charge in [0.1, 0.15) is 11.4 Å². The Morgan fingerprint density at radius 3 is 2.86 bits per heavy atom. The number of anilines is 1. The van der Waals surface area contributed by atoms with Crippen molar-refractivity contribution in [2.75, 3.05) is 5.32 Å². The molecular weight excluding hydrogens is 377 g/mol. The molecule has 2 aromatic heterocycles. The number of ether oxygens (including phenoxy) is 1. The Balaban J connectivity index is 1.51. The Morgan fingerprint density at radius 1 is 1.34 bits per heavy atom. The van der Waals surface area contributed by atoms with Gasteiger partial charge in [0.05, 0.1) is 12.1 Å². The molecule has 8 nitrogen and oxygen atoms in total. The largest absolute Gasteiger partial charge is 0.444 e. The molecular formula is C20H26FN5O3. The van der Waals surface area contributed by atoms with Crippen LogP contribution in [0.5, 0.6) is 0 Å². The van der Waals surface area contributed by atoms with E-state index in [0.717, 1.165) is 25.0 Å². The van der Waals surface area contributed by atoms with Crippen molar-refractivity contribution in [2.45, 2.75) is 64.0 Å². The van der Waals surface area contributed by atoms with E-state index in [0.29, 0.717) is 5.82 Å². The third-order valence-corrected chi connectivity index (χ3v) is 4.62. The molecule has 1 aliphatic carbocycles. The number of nitrogens with zero attached hydrogens (tertiary/aromatic N) is 2. The van der Waals surface area contributed by atoms with Crippen LogP contribution >= 0.6 is 0 Å². The number of nitrogens with one attached hydrogen (secondary N) is 3. The summed E-state index contributed by atoms with van der Waals surface area (Å²) in [5, 5.41) is 12.6. The number of hydrogen-bond acceptors (Lipinski definition) is 5. The number of H-pyrrole nitrogens is 1. The summed E-state index contributed by atoms with van der Waals surface area (Å²) < 4.78 is 18.9. The van der Waals surface area contributed by atoms with E-state index < -0.39 is 23.4 Å². The SMILES string of the molecule is CC(C)(C)OC(=O)N[C@@H]1CC[C@H](c2cc(NC(=O)Cc3ncccc3F)n[nH]2)C1. The lowest BCUT2D eigenvalue weighted by molar-refractivity contribution is -0.115. The van der Waals surface area contributed by atoms with Gasteiger partial charge in [0.2, 0.25) is 5.91 Å². The normalized spacial score (nSPS) is 19.0. The monoisotopic (exact) mass is 403 g/mol. The third kappa shape index (κ3) is 6.00. The van der Waals surface area contributed by atoms with Crippen molar-refractivity contribution in [3.63, 3.8) is 0 Å². The van der Waals surface area contributed by atoms with E-state index in [1.54, 1.807) is 6.07 Å². The zero-order valence-electron chi connectivity index (χ0n) is 16.8. The van der Waals surface area contributed by atoms with E-state index in [9.17, 15) is 14.0 Å². The van der Waals surface area contributed by atoms with Crippen LogP contribution in [-0.2, 0) is 16.0 Å². The summed E-state index contributed by atoms with van der Waals surface area (Å²) in [5.41, 5.74) is 0.446. The van der Waals surface area contributed by atoms with Gasteiger partial charge in [-0.15, -0.1) is 0 Å². The van der Waals surface area contributed by atoms with Crippen LogP contribution in [0.15, 0.2) is 24.4 Å². The van der Waals surface area contributed by atoms with Gasteiger partial charge >= 0.3 is 6.09 Å². The maximum Gasteiger partial charge on any atom is 0.407 e. The second-order valence-corrected chi connectivity index (χ2v) is 8.22. The van der Waals surface area contributed by atoms with Crippen LogP contribution in [-0.4, -0.2) is 38.8 Å². The average Bonchev–Trinajstić information content (AvgIpc) is 3.24. The van der Waals surface area contributed by atoms with Crippen molar-refractivity contribution in [3.05, 3.63) is 41.6 Å². The van der Waals surface area contributed by atoms with E-state index in [1.165, 1.54) is 18.3 Å². The predicted molar refractivity (Wildman–Crippen MR) is 105 cm³/mol.